The van der Waals surface area contributed by atoms with E-state index in [1.54, 1.807) is 11.3 Å². The Hall–Kier alpha value is -1.11. The molecule has 3 N–H and O–H groups in total. The summed E-state index contributed by atoms with van der Waals surface area (Å²) >= 11 is 1.60. The van der Waals surface area contributed by atoms with Crippen molar-refractivity contribution in [2.75, 3.05) is 39.3 Å². The molecule has 1 aliphatic heterocycles. The van der Waals surface area contributed by atoms with Crippen molar-refractivity contribution in [2.24, 2.45) is 16.8 Å². The standard InChI is InChI=1S/C20H36N4OS/c1-5-21-19(23-15-20(4,25)18-8-10-26-14-18)22-11-17-7-6-9-24(13-17)12-16(2)3/h8,10,14,16-17,25H,5-7,9,11-13,15H2,1-4H3,(H2,21,22,23). The van der Waals surface area contributed by atoms with E-state index in [2.05, 4.69) is 41.3 Å². The number of thiophene rings is 1. The molecule has 0 radical (unpaired) electrons. The Kier molecular flexibility index (Phi) is 8.38. The molecule has 0 amide bonds. The van der Waals surface area contributed by atoms with Crippen LogP contribution in [0.25, 0.3) is 0 Å². The molecule has 0 spiro atoms. The van der Waals surface area contributed by atoms with Gasteiger partial charge in [-0.3, -0.25) is 0 Å². The molecule has 1 aliphatic rings. The first-order valence-electron chi connectivity index (χ1n) is 9.90. The summed E-state index contributed by atoms with van der Waals surface area (Å²) in [6.45, 7) is 14.2. The van der Waals surface area contributed by atoms with Crippen LogP contribution in [0.3, 0.4) is 0 Å². The zero-order valence-corrected chi connectivity index (χ0v) is 17.6. The monoisotopic (exact) mass is 380 g/mol. The molecule has 1 aromatic heterocycles. The second-order valence-corrected chi connectivity index (χ2v) is 8.80. The van der Waals surface area contributed by atoms with Crippen LogP contribution in [0.2, 0.25) is 0 Å². The number of rotatable bonds is 8. The lowest BCUT2D eigenvalue weighted by atomic mass is 9.97. The first kappa shape index (κ1) is 21.2. The normalized spacial score (nSPS) is 21.6. The predicted octanol–water partition coefficient (Wildman–Crippen LogP) is 2.88. The molecule has 2 rings (SSSR count). The fourth-order valence-electron chi connectivity index (χ4n) is 3.48. The number of aliphatic imine (C=N–C) groups is 1. The van der Waals surface area contributed by atoms with Crippen molar-refractivity contribution in [2.45, 2.75) is 46.1 Å². The number of nitrogens with zero attached hydrogens (tertiary/aromatic N) is 2. The molecule has 0 aromatic carbocycles. The van der Waals surface area contributed by atoms with Crippen LogP contribution in [0, 0.1) is 11.8 Å². The van der Waals surface area contributed by atoms with Gasteiger partial charge in [-0.05, 0) is 67.5 Å². The van der Waals surface area contributed by atoms with Crippen LogP contribution in [0.5, 0.6) is 0 Å². The van der Waals surface area contributed by atoms with E-state index in [1.807, 2.05) is 23.8 Å². The summed E-state index contributed by atoms with van der Waals surface area (Å²) in [5.41, 5.74) is 0.0000456. The highest BCUT2D eigenvalue weighted by Crippen LogP contribution is 2.23. The van der Waals surface area contributed by atoms with Gasteiger partial charge in [-0.25, -0.2) is 4.99 Å². The van der Waals surface area contributed by atoms with E-state index in [4.69, 9.17) is 0 Å². The minimum atomic E-state index is -0.929. The Balaban J connectivity index is 1.87. The van der Waals surface area contributed by atoms with Crippen LogP contribution in [-0.4, -0.2) is 55.2 Å². The Morgan fingerprint density at radius 2 is 2.27 bits per heavy atom. The van der Waals surface area contributed by atoms with E-state index >= 15 is 0 Å². The van der Waals surface area contributed by atoms with Crippen LogP contribution >= 0.6 is 11.3 Å². The lowest BCUT2D eigenvalue weighted by Gasteiger charge is -2.34. The second kappa shape index (κ2) is 10.3. The third kappa shape index (κ3) is 6.89. The molecule has 148 valence electrons. The van der Waals surface area contributed by atoms with Crippen LogP contribution in [0.4, 0.5) is 0 Å². The van der Waals surface area contributed by atoms with Gasteiger partial charge in [-0.15, -0.1) is 0 Å². The summed E-state index contributed by atoms with van der Waals surface area (Å²) in [6, 6.07) is 1.96. The van der Waals surface area contributed by atoms with Gasteiger partial charge in [0, 0.05) is 26.2 Å². The van der Waals surface area contributed by atoms with Crippen molar-refractivity contribution < 1.29 is 5.11 Å². The summed E-state index contributed by atoms with van der Waals surface area (Å²) in [7, 11) is 0. The van der Waals surface area contributed by atoms with Crippen molar-refractivity contribution >= 4 is 17.3 Å². The van der Waals surface area contributed by atoms with Crippen LogP contribution in [0.1, 0.15) is 46.1 Å². The van der Waals surface area contributed by atoms with Crippen LogP contribution in [-0.2, 0) is 5.60 Å². The quantitative estimate of drug-likeness (QED) is 0.479. The fourth-order valence-corrected chi connectivity index (χ4v) is 4.26. The van der Waals surface area contributed by atoms with Gasteiger partial charge in [0.2, 0.25) is 0 Å². The van der Waals surface area contributed by atoms with Crippen LogP contribution < -0.4 is 10.6 Å². The highest BCUT2D eigenvalue weighted by Gasteiger charge is 2.24. The lowest BCUT2D eigenvalue weighted by Crippen LogP contribution is -2.45. The maximum Gasteiger partial charge on any atom is 0.191 e. The molecule has 1 saturated heterocycles. The Morgan fingerprint density at radius 3 is 2.92 bits per heavy atom. The summed E-state index contributed by atoms with van der Waals surface area (Å²) in [6.07, 6.45) is 2.55. The second-order valence-electron chi connectivity index (χ2n) is 8.02. The number of piperidine rings is 1. The summed E-state index contributed by atoms with van der Waals surface area (Å²) < 4.78 is 0. The van der Waals surface area contributed by atoms with Gasteiger partial charge in [0.1, 0.15) is 5.60 Å². The first-order chi connectivity index (χ1) is 12.4. The average Bonchev–Trinajstić information content (AvgIpc) is 3.13. The van der Waals surface area contributed by atoms with Crippen molar-refractivity contribution in [3.05, 3.63) is 22.4 Å². The van der Waals surface area contributed by atoms with Gasteiger partial charge in [-0.2, -0.15) is 11.3 Å². The minimum absolute atomic E-state index is 0.350. The molecule has 5 nitrogen and oxygen atoms in total. The highest BCUT2D eigenvalue weighted by atomic mass is 32.1. The van der Waals surface area contributed by atoms with E-state index in [0.29, 0.717) is 12.5 Å². The van der Waals surface area contributed by atoms with Crippen molar-refractivity contribution in [1.29, 1.82) is 0 Å². The highest BCUT2D eigenvalue weighted by molar-refractivity contribution is 7.08. The number of nitrogens with one attached hydrogen (secondary N) is 2. The zero-order valence-electron chi connectivity index (χ0n) is 16.8. The molecule has 0 bridgehead atoms. The summed E-state index contributed by atoms with van der Waals surface area (Å²) in [5, 5.41) is 21.4. The van der Waals surface area contributed by atoms with Gasteiger partial charge in [-0.1, -0.05) is 13.8 Å². The minimum Gasteiger partial charge on any atom is -0.383 e. The van der Waals surface area contributed by atoms with Crippen molar-refractivity contribution in [3.63, 3.8) is 0 Å². The lowest BCUT2D eigenvalue weighted by molar-refractivity contribution is 0.0677. The van der Waals surface area contributed by atoms with Gasteiger partial charge in [0.15, 0.2) is 5.96 Å². The van der Waals surface area contributed by atoms with Crippen molar-refractivity contribution in [1.82, 2.24) is 15.5 Å². The number of guanidine groups is 1. The predicted molar refractivity (Wildman–Crippen MR) is 112 cm³/mol. The third-order valence-corrected chi connectivity index (χ3v) is 5.50. The summed E-state index contributed by atoms with van der Waals surface area (Å²) in [5.74, 6) is 2.17. The maximum atomic E-state index is 10.7. The first-order valence-corrected chi connectivity index (χ1v) is 10.8. The SMILES string of the molecule is CCNC(=NCC(C)(O)c1ccsc1)NCC1CCCN(CC(C)C)C1. The van der Waals surface area contributed by atoms with Gasteiger partial charge in [0.25, 0.3) is 0 Å². The number of likely N-dealkylation sites (tertiary alicyclic amines) is 1. The van der Waals surface area contributed by atoms with Gasteiger partial charge >= 0.3 is 0 Å². The molecular formula is C20H36N4OS. The van der Waals surface area contributed by atoms with E-state index in [1.165, 1.54) is 25.9 Å². The van der Waals surface area contributed by atoms with Gasteiger partial charge in [0.05, 0.1) is 6.54 Å². The Bertz CT molecular complexity index is 542. The molecule has 2 heterocycles. The number of hydrogen-bond acceptors (Lipinski definition) is 4. The largest absolute Gasteiger partial charge is 0.383 e. The molecule has 1 fully saturated rings. The molecule has 6 heteroatoms. The van der Waals surface area contributed by atoms with E-state index < -0.39 is 5.60 Å². The molecule has 1 aromatic rings. The van der Waals surface area contributed by atoms with E-state index in [0.717, 1.165) is 37.1 Å². The molecule has 2 atom stereocenters. The van der Waals surface area contributed by atoms with Crippen molar-refractivity contribution in [3.8, 4) is 0 Å². The molecular weight excluding hydrogens is 344 g/mol. The van der Waals surface area contributed by atoms with Crippen LogP contribution in [0.15, 0.2) is 21.8 Å². The molecule has 0 saturated carbocycles. The smallest absolute Gasteiger partial charge is 0.191 e. The number of aliphatic hydroxyl groups is 1. The fraction of sp³-hybridized carbons (Fsp3) is 0.750. The van der Waals surface area contributed by atoms with Gasteiger partial charge < -0.3 is 20.6 Å². The Morgan fingerprint density at radius 1 is 1.46 bits per heavy atom. The maximum absolute atomic E-state index is 10.7. The molecule has 26 heavy (non-hydrogen) atoms. The number of hydrogen-bond donors (Lipinski definition) is 3. The third-order valence-electron chi connectivity index (χ3n) is 4.82. The van der Waals surface area contributed by atoms with E-state index in [-0.39, 0.29) is 0 Å². The molecule has 0 aliphatic carbocycles. The topological polar surface area (TPSA) is 59.9 Å². The average molecular weight is 381 g/mol. The Labute approximate surface area is 162 Å². The van der Waals surface area contributed by atoms with E-state index in [9.17, 15) is 5.11 Å². The summed E-state index contributed by atoms with van der Waals surface area (Å²) in [4.78, 5) is 7.22. The zero-order chi connectivity index (χ0) is 19.0. The molecule has 2 unspecified atom stereocenters.